The molecule has 0 aliphatic carbocycles. The number of amides is 1. The van der Waals surface area contributed by atoms with Gasteiger partial charge in [0.05, 0.1) is 6.04 Å². The highest BCUT2D eigenvalue weighted by atomic mass is 35.5. The molecule has 3 nitrogen and oxygen atoms in total. The second-order valence-electron chi connectivity index (χ2n) is 4.97. The van der Waals surface area contributed by atoms with Gasteiger partial charge in [0.25, 0.3) is 0 Å². The van der Waals surface area contributed by atoms with Gasteiger partial charge in [-0.15, -0.1) is 12.4 Å². The molecule has 3 N–H and O–H groups in total. The lowest BCUT2D eigenvalue weighted by atomic mass is 9.94. The first-order valence-electron chi connectivity index (χ1n) is 5.62. The fourth-order valence-electron chi connectivity index (χ4n) is 1.60. The van der Waals surface area contributed by atoms with E-state index in [1.54, 1.807) is 6.92 Å². The Morgan fingerprint density at radius 2 is 1.89 bits per heavy atom. The van der Waals surface area contributed by atoms with E-state index in [4.69, 9.17) is 17.3 Å². The number of benzene rings is 1. The molecule has 1 amide bonds. The van der Waals surface area contributed by atoms with Crippen LogP contribution in [-0.4, -0.2) is 17.5 Å². The standard InChI is InChI=1S/C13H19ClN2O.ClH/c1-9(15)12(17)16-13(2,3)8-10-4-6-11(14)7-5-10;/h4-7,9H,8,15H2,1-3H3,(H,16,17);1H. The molecule has 0 saturated carbocycles. The second kappa shape index (κ2) is 6.98. The summed E-state index contributed by atoms with van der Waals surface area (Å²) in [7, 11) is 0. The molecule has 1 aromatic carbocycles. The highest BCUT2D eigenvalue weighted by Crippen LogP contribution is 2.15. The maximum Gasteiger partial charge on any atom is 0.237 e. The molecule has 5 heteroatoms. The van der Waals surface area contributed by atoms with Crippen LogP contribution in [0.1, 0.15) is 26.3 Å². The zero-order valence-corrected chi connectivity index (χ0v) is 12.4. The topological polar surface area (TPSA) is 55.1 Å². The smallest absolute Gasteiger partial charge is 0.237 e. The lowest BCUT2D eigenvalue weighted by Gasteiger charge is -2.27. The Balaban J connectivity index is 0.00000289. The SMILES string of the molecule is CC(N)C(=O)NC(C)(C)Cc1ccc(Cl)cc1.Cl. The minimum atomic E-state index is -0.487. The van der Waals surface area contributed by atoms with Gasteiger partial charge in [-0.1, -0.05) is 23.7 Å². The third kappa shape index (κ3) is 5.71. The van der Waals surface area contributed by atoms with Gasteiger partial charge in [0.1, 0.15) is 0 Å². The van der Waals surface area contributed by atoms with Crippen molar-refractivity contribution in [1.29, 1.82) is 0 Å². The molecule has 0 heterocycles. The van der Waals surface area contributed by atoms with E-state index >= 15 is 0 Å². The van der Waals surface area contributed by atoms with Crippen LogP contribution in [-0.2, 0) is 11.2 Å². The number of nitrogens with two attached hydrogens (primary N) is 1. The average molecular weight is 291 g/mol. The van der Waals surface area contributed by atoms with Gasteiger partial charge >= 0.3 is 0 Å². The van der Waals surface area contributed by atoms with Crippen molar-refractivity contribution in [3.05, 3.63) is 34.9 Å². The largest absolute Gasteiger partial charge is 0.350 e. The third-order valence-electron chi connectivity index (χ3n) is 2.43. The lowest BCUT2D eigenvalue weighted by Crippen LogP contribution is -2.50. The summed E-state index contributed by atoms with van der Waals surface area (Å²) in [4.78, 5) is 11.5. The average Bonchev–Trinajstić information content (AvgIpc) is 2.20. The zero-order chi connectivity index (χ0) is 13.1. The first-order chi connectivity index (χ1) is 7.80. The number of hydrogen-bond acceptors (Lipinski definition) is 2. The molecule has 1 atom stereocenters. The molecule has 0 radical (unpaired) electrons. The number of carbonyl (C=O) groups excluding carboxylic acids is 1. The fourth-order valence-corrected chi connectivity index (χ4v) is 1.73. The molecule has 102 valence electrons. The van der Waals surface area contributed by atoms with Gasteiger partial charge in [0, 0.05) is 10.6 Å². The maximum absolute atomic E-state index is 11.5. The summed E-state index contributed by atoms with van der Waals surface area (Å²) in [5.74, 6) is -0.135. The third-order valence-corrected chi connectivity index (χ3v) is 2.69. The van der Waals surface area contributed by atoms with Crippen molar-refractivity contribution in [3.63, 3.8) is 0 Å². The monoisotopic (exact) mass is 290 g/mol. The van der Waals surface area contributed by atoms with Crippen LogP contribution in [0.5, 0.6) is 0 Å². The number of rotatable bonds is 4. The number of nitrogens with one attached hydrogen (secondary N) is 1. The van der Waals surface area contributed by atoms with Gasteiger partial charge in [-0.25, -0.2) is 0 Å². The molecule has 0 aromatic heterocycles. The Hall–Kier alpha value is -0.770. The van der Waals surface area contributed by atoms with E-state index in [9.17, 15) is 4.79 Å². The van der Waals surface area contributed by atoms with E-state index in [1.807, 2.05) is 38.1 Å². The predicted octanol–water partition coefficient (Wildman–Crippen LogP) is 2.55. The van der Waals surface area contributed by atoms with Crippen molar-refractivity contribution in [2.75, 3.05) is 0 Å². The Labute approximate surface area is 119 Å². The van der Waals surface area contributed by atoms with Crippen LogP contribution in [0.4, 0.5) is 0 Å². The molecular weight excluding hydrogens is 271 g/mol. The summed E-state index contributed by atoms with van der Waals surface area (Å²) < 4.78 is 0. The molecule has 0 saturated heterocycles. The Bertz CT molecular complexity index is 388. The van der Waals surface area contributed by atoms with Crippen molar-refractivity contribution >= 4 is 29.9 Å². The van der Waals surface area contributed by atoms with Gasteiger partial charge in [-0.2, -0.15) is 0 Å². The first kappa shape index (κ1) is 17.2. The van der Waals surface area contributed by atoms with Crippen molar-refractivity contribution < 1.29 is 4.79 Å². The molecule has 0 bridgehead atoms. The van der Waals surface area contributed by atoms with Gasteiger partial charge < -0.3 is 11.1 Å². The summed E-state index contributed by atoms with van der Waals surface area (Å²) in [5, 5.41) is 3.64. The maximum atomic E-state index is 11.5. The second-order valence-corrected chi connectivity index (χ2v) is 5.40. The minimum Gasteiger partial charge on any atom is -0.350 e. The lowest BCUT2D eigenvalue weighted by molar-refractivity contribution is -0.123. The molecular formula is C13H20Cl2N2O. The van der Waals surface area contributed by atoms with E-state index in [0.29, 0.717) is 5.02 Å². The van der Waals surface area contributed by atoms with E-state index in [0.717, 1.165) is 12.0 Å². The summed E-state index contributed by atoms with van der Waals surface area (Å²) in [6.07, 6.45) is 0.739. The van der Waals surface area contributed by atoms with Crippen LogP contribution in [0.25, 0.3) is 0 Å². The first-order valence-corrected chi connectivity index (χ1v) is 6.00. The Morgan fingerprint density at radius 1 is 1.39 bits per heavy atom. The molecule has 18 heavy (non-hydrogen) atoms. The van der Waals surface area contributed by atoms with Crippen molar-refractivity contribution in [3.8, 4) is 0 Å². The predicted molar refractivity (Wildman–Crippen MR) is 78.3 cm³/mol. The quantitative estimate of drug-likeness (QED) is 0.895. The number of halogens is 2. The van der Waals surface area contributed by atoms with Gasteiger partial charge in [0.2, 0.25) is 5.91 Å². The van der Waals surface area contributed by atoms with Gasteiger partial charge in [0.15, 0.2) is 0 Å². The van der Waals surface area contributed by atoms with Crippen LogP contribution in [0.2, 0.25) is 5.02 Å². The van der Waals surface area contributed by atoms with Crippen LogP contribution in [0.15, 0.2) is 24.3 Å². The van der Waals surface area contributed by atoms with Crippen molar-refractivity contribution in [1.82, 2.24) is 5.32 Å². The Morgan fingerprint density at radius 3 is 2.33 bits per heavy atom. The molecule has 0 fully saturated rings. The zero-order valence-electron chi connectivity index (χ0n) is 10.9. The highest BCUT2D eigenvalue weighted by Gasteiger charge is 2.22. The van der Waals surface area contributed by atoms with Crippen molar-refractivity contribution in [2.24, 2.45) is 5.73 Å². The van der Waals surface area contributed by atoms with Crippen LogP contribution in [0, 0.1) is 0 Å². The van der Waals surface area contributed by atoms with E-state index in [1.165, 1.54) is 0 Å². The molecule has 1 unspecified atom stereocenters. The minimum absolute atomic E-state index is 0. The summed E-state index contributed by atoms with van der Waals surface area (Å²) in [5.41, 5.74) is 6.34. The molecule has 1 rings (SSSR count). The number of carbonyl (C=O) groups is 1. The normalized spacial score (nSPS) is 12.5. The fraction of sp³-hybridized carbons (Fsp3) is 0.462. The summed E-state index contributed by atoms with van der Waals surface area (Å²) >= 11 is 5.82. The molecule has 0 aliphatic heterocycles. The summed E-state index contributed by atoms with van der Waals surface area (Å²) in [6.45, 7) is 5.62. The van der Waals surface area contributed by atoms with Crippen LogP contribution >= 0.6 is 24.0 Å². The Kier molecular flexibility index (Phi) is 6.68. The molecule has 1 aromatic rings. The van der Waals surface area contributed by atoms with E-state index in [-0.39, 0.29) is 23.9 Å². The van der Waals surface area contributed by atoms with Crippen molar-refractivity contribution in [2.45, 2.75) is 38.8 Å². The molecule has 0 spiro atoms. The van der Waals surface area contributed by atoms with Gasteiger partial charge in [-0.3, -0.25) is 4.79 Å². The molecule has 0 aliphatic rings. The van der Waals surface area contributed by atoms with E-state index in [2.05, 4.69) is 5.32 Å². The van der Waals surface area contributed by atoms with Crippen LogP contribution in [0.3, 0.4) is 0 Å². The van der Waals surface area contributed by atoms with Gasteiger partial charge in [-0.05, 0) is 44.9 Å². The van der Waals surface area contributed by atoms with E-state index < -0.39 is 6.04 Å². The summed E-state index contributed by atoms with van der Waals surface area (Å²) in [6, 6.07) is 7.13. The number of hydrogen-bond donors (Lipinski definition) is 2. The highest BCUT2D eigenvalue weighted by molar-refractivity contribution is 6.30. The van der Waals surface area contributed by atoms with Crippen LogP contribution < -0.4 is 11.1 Å².